The third kappa shape index (κ3) is 6.45. The molecule has 0 aliphatic heterocycles. The van der Waals surface area contributed by atoms with Crippen molar-refractivity contribution in [1.82, 2.24) is 19.8 Å². The summed E-state index contributed by atoms with van der Waals surface area (Å²) < 4.78 is 42.8. The summed E-state index contributed by atoms with van der Waals surface area (Å²) >= 11 is 3.14. The zero-order valence-corrected chi connectivity index (χ0v) is 29.0. The van der Waals surface area contributed by atoms with E-state index in [1.54, 1.807) is 40.5 Å². The van der Waals surface area contributed by atoms with Gasteiger partial charge < -0.3 is 32.8 Å². The maximum absolute atomic E-state index is 14.0. The van der Waals surface area contributed by atoms with E-state index in [1.807, 2.05) is 31.2 Å². The molecule has 3 aromatic carbocycles. The molecule has 12 nitrogen and oxygen atoms in total. The number of nitrogens with zero attached hydrogens (tertiary/aromatic N) is 4. The van der Waals surface area contributed by atoms with Crippen molar-refractivity contribution in [3.63, 3.8) is 0 Å². The standard InChI is InChI=1S/C34H34N4O8S2/c1-19-9-11-20(12-10-19)32-35-36-33-38(32)37-34(48-33)47-14-8-7-13-45-31-28(39)27-23(41-3)17-22(40-2)18-24(27)46-29(31)21-15-25(42-4)30(44-6)26(16-21)43-5/h9-12,15-18H,7-8,13-14H2,1-6H3. The fourth-order valence-electron chi connectivity index (χ4n) is 5.13. The second-order valence-corrected chi connectivity index (χ2v) is 12.9. The normalized spacial score (nSPS) is 11.2. The number of hydrogen-bond acceptors (Lipinski definition) is 13. The van der Waals surface area contributed by atoms with Gasteiger partial charge in [-0.05, 0) is 31.9 Å². The van der Waals surface area contributed by atoms with Gasteiger partial charge in [0.15, 0.2) is 27.4 Å². The fourth-order valence-corrected chi connectivity index (χ4v) is 7.08. The number of aryl methyl sites for hydroxylation is 1. The molecule has 3 aromatic heterocycles. The highest BCUT2D eigenvalue weighted by Gasteiger charge is 2.24. The molecule has 0 saturated carbocycles. The number of aromatic nitrogens is 4. The maximum Gasteiger partial charge on any atom is 0.239 e. The van der Waals surface area contributed by atoms with E-state index in [9.17, 15) is 4.79 Å². The number of thioether (sulfide) groups is 1. The van der Waals surface area contributed by atoms with Crippen LogP contribution in [0.15, 0.2) is 62.1 Å². The predicted octanol–water partition coefficient (Wildman–Crippen LogP) is 6.93. The lowest BCUT2D eigenvalue weighted by Gasteiger charge is -2.17. The van der Waals surface area contributed by atoms with E-state index in [1.165, 1.54) is 52.4 Å². The van der Waals surface area contributed by atoms with Gasteiger partial charge in [-0.25, -0.2) is 0 Å². The van der Waals surface area contributed by atoms with Gasteiger partial charge in [0.25, 0.3) is 0 Å². The smallest absolute Gasteiger partial charge is 0.239 e. The average Bonchev–Trinajstić information content (AvgIpc) is 3.70. The quantitative estimate of drug-likeness (QED) is 0.0868. The van der Waals surface area contributed by atoms with Crippen molar-refractivity contribution in [2.75, 3.05) is 47.9 Å². The number of ether oxygens (including phenoxy) is 6. The van der Waals surface area contributed by atoms with Gasteiger partial charge in [0.05, 0.1) is 42.2 Å². The van der Waals surface area contributed by atoms with Gasteiger partial charge in [-0.1, -0.05) is 52.9 Å². The molecule has 0 atom stereocenters. The lowest BCUT2D eigenvalue weighted by molar-refractivity contribution is 0.301. The molecule has 0 aliphatic rings. The summed E-state index contributed by atoms with van der Waals surface area (Å²) in [5, 5.41) is 13.6. The minimum atomic E-state index is -0.377. The molecule has 0 saturated heterocycles. The van der Waals surface area contributed by atoms with Crippen molar-refractivity contribution in [2.24, 2.45) is 0 Å². The van der Waals surface area contributed by atoms with Crippen LogP contribution < -0.4 is 33.8 Å². The summed E-state index contributed by atoms with van der Waals surface area (Å²) in [7, 11) is 7.58. The SMILES string of the molecule is COc1cc(OC)c2c(=O)c(OCCCCSc3nn4c(-c5ccc(C)cc5)nnc4s3)c(-c3cc(OC)c(OC)c(OC)c3)oc2c1. The number of methoxy groups -OCH3 is 5. The summed E-state index contributed by atoms with van der Waals surface area (Å²) in [6.45, 7) is 2.32. The molecule has 3 heterocycles. The molecule has 0 spiro atoms. The molecular weight excluding hydrogens is 657 g/mol. The summed E-state index contributed by atoms with van der Waals surface area (Å²) in [5.41, 5.74) is 2.55. The number of benzene rings is 3. The van der Waals surface area contributed by atoms with E-state index in [2.05, 4.69) is 10.2 Å². The van der Waals surface area contributed by atoms with Gasteiger partial charge in [0, 0.05) is 29.0 Å². The molecule has 0 radical (unpaired) electrons. The summed E-state index contributed by atoms with van der Waals surface area (Å²) in [6.07, 6.45) is 1.49. The second kappa shape index (κ2) is 14.4. The van der Waals surface area contributed by atoms with Crippen molar-refractivity contribution in [3.8, 4) is 57.2 Å². The highest BCUT2D eigenvalue weighted by atomic mass is 32.2. The lowest BCUT2D eigenvalue weighted by Crippen LogP contribution is -2.12. The Kier molecular flexibility index (Phi) is 9.92. The van der Waals surface area contributed by atoms with Crippen molar-refractivity contribution in [3.05, 3.63) is 64.3 Å². The molecule has 0 fully saturated rings. The number of hydrogen-bond donors (Lipinski definition) is 0. The van der Waals surface area contributed by atoms with Crippen LogP contribution in [0.5, 0.6) is 34.5 Å². The first kappa shape index (κ1) is 33.0. The van der Waals surface area contributed by atoms with Gasteiger partial charge in [-0.2, -0.15) is 4.52 Å². The Morgan fingerprint density at radius 2 is 1.54 bits per heavy atom. The van der Waals surface area contributed by atoms with Gasteiger partial charge in [-0.3, -0.25) is 4.79 Å². The van der Waals surface area contributed by atoms with Crippen molar-refractivity contribution < 1.29 is 32.8 Å². The van der Waals surface area contributed by atoms with Crippen LogP contribution in [-0.2, 0) is 0 Å². The van der Waals surface area contributed by atoms with Gasteiger partial charge in [0.1, 0.15) is 22.5 Å². The number of fused-ring (bicyclic) bond motifs is 2. The Bertz CT molecular complexity index is 2100. The van der Waals surface area contributed by atoms with Crippen LogP contribution in [0.3, 0.4) is 0 Å². The molecule has 0 bridgehead atoms. The van der Waals surface area contributed by atoms with Crippen molar-refractivity contribution >= 4 is 39.0 Å². The zero-order valence-electron chi connectivity index (χ0n) is 27.3. The first-order chi connectivity index (χ1) is 23.4. The molecule has 48 heavy (non-hydrogen) atoms. The Hall–Kier alpha value is -4.95. The first-order valence-corrected chi connectivity index (χ1v) is 16.8. The average molecular weight is 691 g/mol. The van der Waals surface area contributed by atoms with Crippen LogP contribution >= 0.6 is 23.1 Å². The molecule has 6 aromatic rings. The molecule has 0 N–H and O–H groups in total. The van der Waals surface area contributed by atoms with Crippen LogP contribution in [0.25, 0.3) is 38.6 Å². The topological polar surface area (TPSA) is 129 Å². The third-order valence-corrected chi connectivity index (χ3v) is 9.68. The summed E-state index contributed by atoms with van der Waals surface area (Å²) in [6, 6.07) is 14.8. The number of unbranched alkanes of at least 4 members (excludes halogenated alkanes) is 1. The monoisotopic (exact) mass is 690 g/mol. The van der Waals surface area contributed by atoms with E-state index < -0.39 is 0 Å². The minimum absolute atomic E-state index is 0.0465. The zero-order chi connectivity index (χ0) is 33.8. The Labute approximate surface area is 284 Å². The first-order valence-electron chi connectivity index (χ1n) is 15.0. The van der Waals surface area contributed by atoms with Crippen LogP contribution in [0.1, 0.15) is 18.4 Å². The van der Waals surface area contributed by atoms with Crippen LogP contribution in [0, 0.1) is 6.92 Å². The molecule has 6 rings (SSSR count). The highest BCUT2D eigenvalue weighted by Crippen LogP contribution is 2.44. The van der Waals surface area contributed by atoms with E-state index in [0.29, 0.717) is 46.6 Å². The van der Waals surface area contributed by atoms with Crippen molar-refractivity contribution in [2.45, 2.75) is 24.1 Å². The molecule has 0 unspecified atom stereocenters. The van der Waals surface area contributed by atoms with Crippen LogP contribution in [0.4, 0.5) is 0 Å². The summed E-state index contributed by atoms with van der Waals surface area (Å²) in [5.74, 6) is 3.76. The van der Waals surface area contributed by atoms with Gasteiger partial charge >= 0.3 is 0 Å². The van der Waals surface area contributed by atoms with Crippen LogP contribution in [0.2, 0.25) is 0 Å². The van der Waals surface area contributed by atoms with E-state index in [0.717, 1.165) is 27.0 Å². The Morgan fingerprint density at radius 1 is 0.812 bits per heavy atom. The fraction of sp³-hybridized carbons (Fsp3) is 0.294. The Balaban J connectivity index is 1.22. The molecule has 14 heteroatoms. The predicted molar refractivity (Wildman–Crippen MR) is 185 cm³/mol. The maximum atomic E-state index is 14.0. The van der Waals surface area contributed by atoms with Gasteiger partial charge in [-0.15, -0.1) is 15.3 Å². The van der Waals surface area contributed by atoms with E-state index in [-0.39, 0.29) is 34.5 Å². The number of rotatable bonds is 14. The molecule has 0 amide bonds. The van der Waals surface area contributed by atoms with Crippen molar-refractivity contribution in [1.29, 1.82) is 0 Å². The van der Waals surface area contributed by atoms with E-state index >= 15 is 0 Å². The minimum Gasteiger partial charge on any atom is -0.496 e. The van der Waals surface area contributed by atoms with Crippen LogP contribution in [-0.4, -0.2) is 67.7 Å². The summed E-state index contributed by atoms with van der Waals surface area (Å²) in [4.78, 5) is 14.8. The molecular formula is C34H34N4O8S2. The van der Waals surface area contributed by atoms with E-state index in [4.69, 9.17) is 37.9 Å². The molecule has 250 valence electrons. The third-order valence-electron chi connectivity index (χ3n) is 7.57. The lowest BCUT2D eigenvalue weighted by atomic mass is 10.1. The Morgan fingerprint density at radius 3 is 2.21 bits per heavy atom. The highest BCUT2D eigenvalue weighted by molar-refractivity contribution is 8.01. The molecule has 0 aliphatic carbocycles. The second-order valence-electron chi connectivity index (χ2n) is 10.6. The van der Waals surface area contributed by atoms with Gasteiger partial charge in [0.2, 0.25) is 21.9 Å². The largest absolute Gasteiger partial charge is 0.496 e.